The summed E-state index contributed by atoms with van der Waals surface area (Å²) in [5.74, 6) is 0.708. The average molecular weight is 445 g/mol. The van der Waals surface area contributed by atoms with Crippen molar-refractivity contribution in [3.8, 4) is 5.75 Å². The molecule has 1 fully saturated rings. The molecule has 1 aliphatic rings. The fraction of sp³-hybridized carbons (Fsp3) is 0.370. The summed E-state index contributed by atoms with van der Waals surface area (Å²) in [5.41, 5.74) is 4.38. The van der Waals surface area contributed by atoms with Crippen LogP contribution in [0.3, 0.4) is 0 Å². The van der Waals surface area contributed by atoms with Gasteiger partial charge in [-0.25, -0.2) is 0 Å². The van der Waals surface area contributed by atoms with E-state index in [0.29, 0.717) is 18.3 Å². The van der Waals surface area contributed by atoms with Crippen LogP contribution in [0.1, 0.15) is 30.2 Å². The quantitative estimate of drug-likeness (QED) is 0.451. The third kappa shape index (κ3) is 4.60. The largest absolute Gasteiger partial charge is 0.495 e. The van der Waals surface area contributed by atoms with Gasteiger partial charge in [0.15, 0.2) is 0 Å². The van der Waals surface area contributed by atoms with E-state index in [2.05, 4.69) is 57.1 Å². The summed E-state index contributed by atoms with van der Waals surface area (Å²) in [5, 5.41) is 17.0. The number of aryl methyl sites for hydroxylation is 1. The third-order valence-electron chi connectivity index (χ3n) is 6.97. The van der Waals surface area contributed by atoms with Gasteiger partial charge < -0.3 is 24.6 Å². The number of hydrogen-bond donors (Lipinski definition) is 2. The Labute approximate surface area is 194 Å². The third-order valence-corrected chi connectivity index (χ3v) is 6.97. The number of pyridine rings is 1. The molecule has 0 bridgehead atoms. The van der Waals surface area contributed by atoms with Crippen molar-refractivity contribution < 1.29 is 9.84 Å². The minimum absolute atomic E-state index is 0.502. The highest BCUT2D eigenvalue weighted by atomic mass is 16.5. The van der Waals surface area contributed by atoms with Crippen molar-refractivity contribution in [2.45, 2.75) is 31.5 Å². The van der Waals surface area contributed by atoms with Crippen LogP contribution in [-0.4, -0.2) is 52.3 Å². The molecule has 0 saturated carbocycles. The molecule has 2 N–H and O–H groups in total. The zero-order valence-electron chi connectivity index (χ0n) is 19.4. The fourth-order valence-electron chi connectivity index (χ4n) is 4.98. The van der Waals surface area contributed by atoms with Crippen molar-refractivity contribution in [2.24, 2.45) is 7.05 Å². The van der Waals surface area contributed by atoms with E-state index in [1.54, 1.807) is 13.3 Å². The van der Waals surface area contributed by atoms with Crippen LogP contribution in [0.2, 0.25) is 0 Å². The standard InChI is InChI=1S/C27H32N4O2/c1-30-21(14-19-6-3-4-9-26(19)30)16-28-20-10-12-31(13-11-20)18-27(32)23-7-5-8-25-24(23)15-22(33-2)17-29-25/h3-9,14-15,17,20,27-28,32H,10-13,16,18H2,1-2H3. The van der Waals surface area contributed by atoms with Gasteiger partial charge in [-0.1, -0.05) is 30.3 Å². The molecule has 2 aromatic carbocycles. The number of aliphatic hydroxyl groups excluding tert-OH is 1. The lowest BCUT2D eigenvalue weighted by Crippen LogP contribution is -2.43. The van der Waals surface area contributed by atoms with E-state index in [-0.39, 0.29) is 0 Å². The number of nitrogens with zero attached hydrogens (tertiary/aromatic N) is 3. The van der Waals surface area contributed by atoms with Crippen LogP contribution in [-0.2, 0) is 13.6 Å². The van der Waals surface area contributed by atoms with Gasteiger partial charge in [-0.05, 0) is 61.1 Å². The van der Waals surface area contributed by atoms with Gasteiger partial charge in [0.25, 0.3) is 0 Å². The first-order valence-electron chi connectivity index (χ1n) is 11.7. The second-order valence-electron chi connectivity index (χ2n) is 9.01. The number of para-hydroxylation sites is 1. The number of β-amino-alcohol motifs (C(OH)–C–C–N with tert-alkyl or cyclic N) is 1. The molecule has 4 aromatic rings. The number of hydrogen-bond acceptors (Lipinski definition) is 5. The van der Waals surface area contributed by atoms with Gasteiger partial charge in [0.05, 0.1) is 24.9 Å². The number of piperidine rings is 1. The van der Waals surface area contributed by atoms with Gasteiger partial charge in [0.2, 0.25) is 0 Å². The number of aromatic nitrogens is 2. The first kappa shape index (κ1) is 21.9. The summed E-state index contributed by atoms with van der Waals surface area (Å²) in [7, 11) is 3.78. The lowest BCUT2D eigenvalue weighted by atomic mass is 10.0. The van der Waals surface area contributed by atoms with Crippen LogP contribution in [0.4, 0.5) is 0 Å². The van der Waals surface area contributed by atoms with Gasteiger partial charge in [0.1, 0.15) is 5.75 Å². The zero-order chi connectivity index (χ0) is 22.8. The van der Waals surface area contributed by atoms with Crippen molar-refractivity contribution in [1.82, 2.24) is 19.8 Å². The Hall–Kier alpha value is -2.93. The maximum Gasteiger partial charge on any atom is 0.137 e. The molecular formula is C27H32N4O2. The predicted molar refractivity (Wildman–Crippen MR) is 132 cm³/mol. The van der Waals surface area contributed by atoms with Gasteiger partial charge in [-0.15, -0.1) is 0 Å². The Bertz CT molecular complexity index is 1240. The highest BCUT2D eigenvalue weighted by Gasteiger charge is 2.22. The smallest absolute Gasteiger partial charge is 0.137 e. The molecule has 172 valence electrons. The monoisotopic (exact) mass is 444 g/mol. The minimum atomic E-state index is -0.553. The maximum atomic E-state index is 11.0. The van der Waals surface area contributed by atoms with Gasteiger partial charge in [-0.2, -0.15) is 0 Å². The Morgan fingerprint density at radius 2 is 1.94 bits per heavy atom. The second-order valence-corrected chi connectivity index (χ2v) is 9.01. The molecule has 0 amide bonds. The lowest BCUT2D eigenvalue weighted by molar-refractivity contribution is 0.0948. The average Bonchev–Trinajstić information content (AvgIpc) is 3.18. The Kier molecular flexibility index (Phi) is 6.31. The number of ether oxygens (including phenoxy) is 1. The molecule has 0 radical (unpaired) electrons. The van der Waals surface area contributed by atoms with Crippen LogP contribution < -0.4 is 10.1 Å². The van der Waals surface area contributed by atoms with E-state index in [1.165, 1.54) is 16.6 Å². The van der Waals surface area contributed by atoms with Crippen LogP contribution >= 0.6 is 0 Å². The Morgan fingerprint density at radius 3 is 2.73 bits per heavy atom. The molecule has 1 aliphatic heterocycles. The molecule has 6 heteroatoms. The molecule has 33 heavy (non-hydrogen) atoms. The molecule has 3 heterocycles. The molecule has 1 unspecified atom stereocenters. The molecule has 2 aromatic heterocycles. The number of nitrogens with one attached hydrogen (secondary N) is 1. The number of likely N-dealkylation sites (tertiary alicyclic amines) is 1. The summed E-state index contributed by atoms with van der Waals surface area (Å²) >= 11 is 0. The summed E-state index contributed by atoms with van der Waals surface area (Å²) in [6.07, 6.45) is 3.33. The summed E-state index contributed by atoms with van der Waals surface area (Å²) in [6.45, 7) is 3.47. The molecule has 5 rings (SSSR count). The topological polar surface area (TPSA) is 62.6 Å². The number of fused-ring (bicyclic) bond motifs is 2. The number of rotatable bonds is 7. The molecule has 6 nitrogen and oxygen atoms in total. The van der Waals surface area contributed by atoms with E-state index in [1.807, 2.05) is 24.3 Å². The number of methoxy groups -OCH3 is 1. The van der Waals surface area contributed by atoms with Crippen molar-refractivity contribution in [1.29, 1.82) is 0 Å². The molecule has 1 atom stereocenters. The van der Waals surface area contributed by atoms with Crippen LogP contribution in [0.5, 0.6) is 5.75 Å². The molecule has 0 spiro atoms. The summed E-state index contributed by atoms with van der Waals surface area (Å²) < 4.78 is 7.61. The van der Waals surface area contributed by atoms with Crippen molar-refractivity contribution in [3.63, 3.8) is 0 Å². The molecule has 1 saturated heterocycles. The molecule has 0 aliphatic carbocycles. The molecular weight excluding hydrogens is 412 g/mol. The normalized spacial score (nSPS) is 16.5. The highest BCUT2D eigenvalue weighted by Crippen LogP contribution is 2.27. The fourth-order valence-corrected chi connectivity index (χ4v) is 4.98. The van der Waals surface area contributed by atoms with Crippen LogP contribution in [0.15, 0.2) is 60.8 Å². The highest BCUT2D eigenvalue weighted by molar-refractivity contribution is 5.83. The van der Waals surface area contributed by atoms with Crippen LogP contribution in [0.25, 0.3) is 21.8 Å². The van der Waals surface area contributed by atoms with Crippen molar-refractivity contribution in [2.75, 3.05) is 26.7 Å². The van der Waals surface area contributed by atoms with Gasteiger partial charge in [0, 0.05) is 42.8 Å². The Morgan fingerprint density at radius 1 is 1.12 bits per heavy atom. The van der Waals surface area contributed by atoms with Gasteiger partial charge >= 0.3 is 0 Å². The summed E-state index contributed by atoms with van der Waals surface area (Å²) in [6, 6.07) is 19.2. The van der Waals surface area contributed by atoms with Gasteiger partial charge in [-0.3, -0.25) is 4.98 Å². The van der Waals surface area contributed by atoms with E-state index >= 15 is 0 Å². The van der Waals surface area contributed by atoms with Crippen molar-refractivity contribution >= 4 is 21.8 Å². The maximum absolute atomic E-state index is 11.0. The SMILES string of the molecule is COc1cnc2cccc(C(O)CN3CCC(NCc4cc5ccccc5n4C)CC3)c2c1. The Balaban J connectivity index is 1.17. The zero-order valence-corrected chi connectivity index (χ0v) is 19.4. The second kappa shape index (κ2) is 9.51. The number of aliphatic hydroxyl groups is 1. The van der Waals surface area contributed by atoms with E-state index in [0.717, 1.165) is 48.9 Å². The van der Waals surface area contributed by atoms with Crippen LogP contribution in [0, 0.1) is 0 Å². The van der Waals surface area contributed by atoms with E-state index < -0.39 is 6.10 Å². The van der Waals surface area contributed by atoms with E-state index in [9.17, 15) is 5.11 Å². The first-order chi connectivity index (χ1) is 16.1. The lowest BCUT2D eigenvalue weighted by Gasteiger charge is -2.33. The number of benzene rings is 2. The first-order valence-corrected chi connectivity index (χ1v) is 11.7. The minimum Gasteiger partial charge on any atom is -0.495 e. The summed E-state index contributed by atoms with van der Waals surface area (Å²) in [4.78, 5) is 6.82. The van der Waals surface area contributed by atoms with Crippen molar-refractivity contribution in [3.05, 3.63) is 72.1 Å². The van der Waals surface area contributed by atoms with E-state index in [4.69, 9.17) is 4.74 Å². The predicted octanol–water partition coefficient (Wildman–Crippen LogP) is 4.02.